The van der Waals surface area contributed by atoms with Gasteiger partial charge in [-0.25, -0.2) is 0 Å². The number of carbonyl (C=O) groups is 1. The second-order valence-electron chi connectivity index (χ2n) is 8.52. The van der Waals surface area contributed by atoms with Crippen molar-refractivity contribution in [2.24, 2.45) is 11.8 Å². The Balaban J connectivity index is 1.25. The molecule has 0 radical (unpaired) electrons. The fourth-order valence-electron chi connectivity index (χ4n) is 5.21. The molecule has 4 fully saturated rings. The van der Waals surface area contributed by atoms with Gasteiger partial charge in [-0.05, 0) is 50.3 Å². The molecule has 2 aromatic rings. The first kappa shape index (κ1) is 17.7. The van der Waals surface area contributed by atoms with Gasteiger partial charge in [-0.15, -0.1) is 5.10 Å². The van der Waals surface area contributed by atoms with Crippen LogP contribution in [-0.4, -0.2) is 62.9 Å². The lowest BCUT2D eigenvalue weighted by Crippen LogP contribution is -2.58. The van der Waals surface area contributed by atoms with Gasteiger partial charge in [-0.1, -0.05) is 17.3 Å². The third-order valence-electron chi connectivity index (χ3n) is 6.73. The Bertz CT molecular complexity index is 858. The summed E-state index contributed by atoms with van der Waals surface area (Å²) >= 11 is 0. The Morgan fingerprint density at radius 1 is 1.21 bits per heavy atom. The van der Waals surface area contributed by atoms with Crippen molar-refractivity contribution >= 4 is 11.6 Å². The molecule has 28 heavy (non-hydrogen) atoms. The summed E-state index contributed by atoms with van der Waals surface area (Å²) in [6.07, 6.45) is 6.56. The first-order valence-corrected chi connectivity index (χ1v) is 10.5. The number of carbonyl (C=O) groups excluding carboxylic acids is 1. The number of piperidine rings is 3. The number of nitrogens with zero attached hydrogens (tertiary/aromatic N) is 5. The lowest BCUT2D eigenvalue weighted by molar-refractivity contribution is -0.142. The van der Waals surface area contributed by atoms with Crippen LogP contribution >= 0.6 is 0 Å². The number of anilines is 1. The van der Waals surface area contributed by atoms with Crippen LogP contribution in [0.2, 0.25) is 0 Å². The van der Waals surface area contributed by atoms with Crippen LogP contribution in [0.5, 0.6) is 0 Å². The van der Waals surface area contributed by atoms with E-state index in [1.54, 1.807) is 0 Å². The molecule has 5 heterocycles. The van der Waals surface area contributed by atoms with Crippen molar-refractivity contribution in [3.05, 3.63) is 30.5 Å². The molecule has 7 heteroatoms. The van der Waals surface area contributed by atoms with Crippen LogP contribution in [0, 0.1) is 11.8 Å². The maximum atomic E-state index is 12.9. The smallest absolute Gasteiger partial charge is 0.227 e. The highest BCUT2D eigenvalue weighted by molar-refractivity contribution is 5.80. The van der Waals surface area contributed by atoms with Crippen LogP contribution in [0.25, 0.3) is 11.3 Å². The van der Waals surface area contributed by atoms with Gasteiger partial charge in [0.05, 0.1) is 18.7 Å². The summed E-state index contributed by atoms with van der Waals surface area (Å²) in [4.78, 5) is 17.5. The average Bonchev–Trinajstić information content (AvgIpc) is 3.40. The van der Waals surface area contributed by atoms with Gasteiger partial charge in [0.1, 0.15) is 5.69 Å². The van der Waals surface area contributed by atoms with Crippen LogP contribution in [0.15, 0.2) is 30.5 Å². The van der Waals surface area contributed by atoms with Gasteiger partial charge in [-0.3, -0.25) is 14.4 Å². The van der Waals surface area contributed by atoms with Crippen molar-refractivity contribution in [3.8, 4) is 11.3 Å². The zero-order valence-corrected chi connectivity index (χ0v) is 16.2. The first-order valence-electron chi connectivity index (χ1n) is 10.5. The average molecular weight is 380 g/mol. The molecule has 1 amide bonds. The first-order chi connectivity index (χ1) is 13.7. The standard InChI is InChI=1S/C21H28N6O/c22-17-5-3-4-16(10-17)20-14-27(24-23-20)12-18-11-15-6-9-26(18)13-19(15)21(28)25-7-1-2-8-25/h3-5,10,14-15,18-19H,1-2,6-9,11-13,22H2/t15-,18+,19-/m0/s1. The summed E-state index contributed by atoms with van der Waals surface area (Å²) in [5.41, 5.74) is 8.46. The van der Waals surface area contributed by atoms with Gasteiger partial charge < -0.3 is 10.6 Å². The summed E-state index contributed by atoms with van der Waals surface area (Å²) in [6.45, 7) is 4.74. The predicted molar refractivity (Wildman–Crippen MR) is 107 cm³/mol. The zero-order valence-electron chi connectivity index (χ0n) is 16.2. The highest BCUT2D eigenvalue weighted by Gasteiger charge is 2.44. The maximum absolute atomic E-state index is 12.9. The van der Waals surface area contributed by atoms with E-state index in [9.17, 15) is 4.79 Å². The molecular weight excluding hydrogens is 352 g/mol. The predicted octanol–water partition coefficient (Wildman–Crippen LogP) is 1.86. The SMILES string of the molecule is Nc1cccc(-c2cn(C[C@H]3C[C@@H]4CCN3C[C@@H]4C(=O)N3CCCC3)nn2)c1. The Kier molecular flexibility index (Phi) is 4.55. The van der Waals surface area contributed by atoms with E-state index in [1.807, 2.05) is 35.1 Å². The van der Waals surface area contributed by atoms with E-state index in [0.717, 1.165) is 75.4 Å². The molecular formula is C21H28N6O. The van der Waals surface area contributed by atoms with Gasteiger partial charge in [-0.2, -0.15) is 0 Å². The molecule has 148 valence electrons. The number of hydrogen-bond donors (Lipinski definition) is 1. The molecule has 0 saturated carbocycles. The largest absolute Gasteiger partial charge is 0.399 e. The number of fused-ring (bicyclic) bond motifs is 3. The number of amides is 1. The topological polar surface area (TPSA) is 80.3 Å². The van der Waals surface area contributed by atoms with Gasteiger partial charge >= 0.3 is 0 Å². The zero-order chi connectivity index (χ0) is 19.1. The molecule has 4 aliphatic rings. The van der Waals surface area contributed by atoms with Crippen molar-refractivity contribution in [2.75, 3.05) is 31.9 Å². The quantitative estimate of drug-likeness (QED) is 0.819. The fraction of sp³-hybridized carbons (Fsp3) is 0.571. The molecule has 6 rings (SSSR count). The summed E-state index contributed by atoms with van der Waals surface area (Å²) in [5, 5.41) is 8.67. The minimum Gasteiger partial charge on any atom is -0.399 e. The lowest BCUT2D eigenvalue weighted by atomic mass is 9.75. The van der Waals surface area contributed by atoms with Crippen LogP contribution in [0.4, 0.5) is 5.69 Å². The fourth-order valence-corrected chi connectivity index (χ4v) is 5.21. The van der Waals surface area contributed by atoms with Gasteiger partial charge in [0.2, 0.25) is 5.91 Å². The van der Waals surface area contributed by atoms with E-state index in [-0.39, 0.29) is 5.92 Å². The molecule has 1 aromatic carbocycles. The lowest BCUT2D eigenvalue weighted by Gasteiger charge is -2.49. The second kappa shape index (κ2) is 7.20. The van der Waals surface area contributed by atoms with Crippen LogP contribution in [0.1, 0.15) is 25.7 Å². The Hall–Kier alpha value is -2.41. The third-order valence-corrected chi connectivity index (χ3v) is 6.73. The molecule has 4 saturated heterocycles. The van der Waals surface area contributed by atoms with E-state index in [2.05, 4.69) is 20.1 Å². The van der Waals surface area contributed by atoms with Gasteiger partial charge in [0.25, 0.3) is 0 Å². The van der Waals surface area contributed by atoms with Gasteiger partial charge in [0, 0.05) is 36.9 Å². The van der Waals surface area contributed by atoms with Crippen LogP contribution < -0.4 is 5.73 Å². The number of benzene rings is 1. The van der Waals surface area contributed by atoms with Crippen molar-refractivity contribution in [3.63, 3.8) is 0 Å². The van der Waals surface area contributed by atoms with E-state index in [0.29, 0.717) is 17.9 Å². The molecule has 4 aliphatic heterocycles. The molecule has 4 atom stereocenters. The number of nitrogen functional groups attached to an aromatic ring is 1. The number of aromatic nitrogens is 3. The van der Waals surface area contributed by atoms with E-state index < -0.39 is 0 Å². The third kappa shape index (κ3) is 3.28. The van der Waals surface area contributed by atoms with Crippen molar-refractivity contribution in [2.45, 2.75) is 38.3 Å². The summed E-state index contributed by atoms with van der Waals surface area (Å²) < 4.78 is 1.95. The summed E-state index contributed by atoms with van der Waals surface area (Å²) in [7, 11) is 0. The molecule has 0 spiro atoms. The molecule has 2 bridgehead atoms. The number of likely N-dealkylation sites (tertiary alicyclic amines) is 1. The maximum Gasteiger partial charge on any atom is 0.227 e. The monoisotopic (exact) mass is 380 g/mol. The molecule has 0 aliphatic carbocycles. The highest BCUT2D eigenvalue weighted by atomic mass is 16.2. The van der Waals surface area contributed by atoms with Crippen molar-refractivity contribution < 1.29 is 4.79 Å². The van der Waals surface area contributed by atoms with Crippen molar-refractivity contribution in [1.29, 1.82) is 0 Å². The Morgan fingerprint density at radius 2 is 2.07 bits per heavy atom. The molecule has 2 N–H and O–H groups in total. The Labute approximate surface area is 165 Å². The minimum atomic E-state index is 0.196. The van der Waals surface area contributed by atoms with Crippen LogP contribution in [0.3, 0.4) is 0 Å². The molecule has 1 unspecified atom stereocenters. The normalized spacial score (nSPS) is 29.4. The van der Waals surface area contributed by atoms with E-state index in [4.69, 9.17) is 5.73 Å². The van der Waals surface area contributed by atoms with Crippen molar-refractivity contribution in [1.82, 2.24) is 24.8 Å². The Morgan fingerprint density at radius 3 is 2.82 bits per heavy atom. The number of rotatable bonds is 4. The summed E-state index contributed by atoms with van der Waals surface area (Å²) in [5.74, 6) is 1.11. The number of hydrogen-bond acceptors (Lipinski definition) is 5. The number of nitrogens with two attached hydrogens (primary N) is 1. The molecule has 7 nitrogen and oxygen atoms in total. The van der Waals surface area contributed by atoms with Gasteiger partial charge in [0.15, 0.2) is 0 Å². The van der Waals surface area contributed by atoms with E-state index >= 15 is 0 Å². The highest BCUT2D eigenvalue weighted by Crippen LogP contribution is 2.38. The molecule has 1 aromatic heterocycles. The minimum absolute atomic E-state index is 0.196. The van der Waals surface area contributed by atoms with Crippen LogP contribution in [-0.2, 0) is 11.3 Å². The summed E-state index contributed by atoms with van der Waals surface area (Å²) in [6, 6.07) is 8.18. The second-order valence-corrected chi connectivity index (χ2v) is 8.52. The van der Waals surface area contributed by atoms with E-state index in [1.165, 1.54) is 0 Å².